The van der Waals surface area contributed by atoms with Gasteiger partial charge in [-0.15, -0.1) is 0 Å². The van der Waals surface area contributed by atoms with E-state index in [0.29, 0.717) is 5.92 Å². The third-order valence-corrected chi connectivity index (χ3v) is 5.35. The number of nitrogens with zero attached hydrogens (tertiary/aromatic N) is 2. The molecule has 1 aromatic carbocycles. The predicted octanol–water partition coefficient (Wildman–Crippen LogP) is 3.05. The van der Waals surface area contributed by atoms with Crippen LogP contribution in [-0.4, -0.2) is 28.1 Å². The third kappa shape index (κ3) is 2.52. The summed E-state index contributed by atoms with van der Waals surface area (Å²) in [5.41, 5.74) is 2.93. The van der Waals surface area contributed by atoms with E-state index >= 15 is 0 Å². The highest BCUT2D eigenvalue weighted by Crippen LogP contribution is 2.42. The monoisotopic (exact) mass is 310 g/mol. The summed E-state index contributed by atoms with van der Waals surface area (Å²) >= 11 is 0. The summed E-state index contributed by atoms with van der Waals surface area (Å²) < 4.78 is 14.3. The summed E-state index contributed by atoms with van der Waals surface area (Å²) in [4.78, 5) is 0. The number of hydrogen-bond acceptors (Lipinski definition) is 3. The van der Waals surface area contributed by atoms with Crippen LogP contribution in [0.5, 0.6) is 0 Å². The minimum absolute atomic E-state index is 0.321. The van der Waals surface area contributed by atoms with E-state index in [4.69, 9.17) is 9.31 Å². The second-order valence-electron chi connectivity index (χ2n) is 7.63. The van der Waals surface area contributed by atoms with E-state index in [-0.39, 0.29) is 18.3 Å². The summed E-state index contributed by atoms with van der Waals surface area (Å²) in [5, 5.41) is 4.42. The van der Waals surface area contributed by atoms with E-state index in [1.165, 1.54) is 18.4 Å². The first-order chi connectivity index (χ1) is 10.9. The van der Waals surface area contributed by atoms with Crippen molar-refractivity contribution in [2.45, 2.75) is 57.7 Å². The fourth-order valence-corrected chi connectivity index (χ4v) is 3.04. The fraction of sp³-hybridized carbons (Fsp3) is 0.500. The molecule has 1 aliphatic carbocycles. The van der Waals surface area contributed by atoms with E-state index in [1.807, 2.05) is 23.1 Å². The molecule has 4 rings (SSSR count). The quantitative estimate of drug-likeness (QED) is 0.818. The molecule has 120 valence electrons. The minimum atomic E-state index is -0.331. The lowest BCUT2D eigenvalue weighted by molar-refractivity contribution is 0.00578. The van der Waals surface area contributed by atoms with Crippen molar-refractivity contribution in [1.82, 2.24) is 9.78 Å². The largest absolute Gasteiger partial charge is 0.494 e. The molecule has 5 heteroatoms. The predicted molar refractivity (Wildman–Crippen MR) is 91.3 cm³/mol. The van der Waals surface area contributed by atoms with Crippen molar-refractivity contribution in [2.24, 2.45) is 0 Å². The first-order valence-corrected chi connectivity index (χ1v) is 8.37. The maximum absolute atomic E-state index is 6.19. The molecule has 1 aromatic heterocycles. The molecule has 1 saturated carbocycles. The molecule has 0 spiro atoms. The summed E-state index contributed by atoms with van der Waals surface area (Å²) in [7, 11) is -0.331. The molecule has 2 heterocycles. The Labute approximate surface area is 137 Å². The van der Waals surface area contributed by atoms with Crippen molar-refractivity contribution in [2.75, 3.05) is 0 Å². The van der Waals surface area contributed by atoms with Gasteiger partial charge in [0.1, 0.15) is 0 Å². The topological polar surface area (TPSA) is 36.3 Å². The number of rotatable bonds is 3. The molecule has 0 radical (unpaired) electrons. The third-order valence-electron chi connectivity index (χ3n) is 5.35. The normalized spacial score (nSPS) is 22.5. The molecule has 1 saturated heterocycles. The smallest absolute Gasteiger partial charge is 0.399 e. The SMILES string of the molecule is CC1(C)OB(c2ccc(C3CC3)c(-n3cccn3)c2)OC1(C)C. The summed E-state index contributed by atoms with van der Waals surface area (Å²) in [5.74, 6) is 0.668. The van der Waals surface area contributed by atoms with Gasteiger partial charge in [-0.05, 0) is 69.6 Å². The Kier molecular flexibility index (Phi) is 3.22. The lowest BCUT2D eigenvalue weighted by Gasteiger charge is -2.32. The molecule has 2 aromatic rings. The van der Waals surface area contributed by atoms with Crippen LogP contribution in [-0.2, 0) is 9.31 Å². The van der Waals surface area contributed by atoms with Crippen LogP contribution in [0, 0.1) is 0 Å². The maximum Gasteiger partial charge on any atom is 0.494 e. The number of aromatic nitrogens is 2. The Morgan fingerprint density at radius 2 is 1.83 bits per heavy atom. The Morgan fingerprint density at radius 1 is 1.13 bits per heavy atom. The van der Waals surface area contributed by atoms with Gasteiger partial charge in [-0.25, -0.2) is 4.68 Å². The second kappa shape index (κ2) is 4.95. The highest BCUT2D eigenvalue weighted by molar-refractivity contribution is 6.62. The van der Waals surface area contributed by atoms with Crippen molar-refractivity contribution in [1.29, 1.82) is 0 Å². The van der Waals surface area contributed by atoms with Crippen LogP contribution in [0.4, 0.5) is 0 Å². The average Bonchev–Trinajstić information content (AvgIpc) is 3.13. The summed E-state index contributed by atoms with van der Waals surface area (Å²) in [6.45, 7) is 8.33. The highest BCUT2D eigenvalue weighted by atomic mass is 16.7. The van der Waals surface area contributed by atoms with Crippen LogP contribution < -0.4 is 5.46 Å². The van der Waals surface area contributed by atoms with Gasteiger partial charge in [0.25, 0.3) is 0 Å². The van der Waals surface area contributed by atoms with E-state index in [0.717, 1.165) is 11.2 Å². The Morgan fingerprint density at radius 3 is 2.39 bits per heavy atom. The van der Waals surface area contributed by atoms with Gasteiger partial charge in [-0.1, -0.05) is 12.1 Å². The van der Waals surface area contributed by atoms with Crippen LogP contribution in [0.1, 0.15) is 52.0 Å². The van der Waals surface area contributed by atoms with Gasteiger partial charge in [-0.3, -0.25) is 0 Å². The van der Waals surface area contributed by atoms with Crippen molar-refractivity contribution in [3.8, 4) is 5.69 Å². The van der Waals surface area contributed by atoms with Crippen molar-refractivity contribution >= 4 is 12.6 Å². The lowest BCUT2D eigenvalue weighted by Crippen LogP contribution is -2.41. The van der Waals surface area contributed by atoms with E-state index in [9.17, 15) is 0 Å². The Bertz CT molecular complexity index is 705. The Balaban J connectivity index is 1.72. The molecule has 1 aliphatic heterocycles. The molecule has 4 nitrogen and oxygen atoms in total. The molecule has 2 aliphatic rings. The van der Waals surface area contributed by atoms with Gasteiger partial charge in [0.2, 0.25) is 0 Å². The van der Waals surface area contributed by atoms with Gasteiger partial charge in [0, 0.05) is 12.4 Å². The fourth-order valence-electron chi connectivity index (χ4n) is 3.04. The minimum Gasteiger partial charge on any atom is -0.399 e. The van der Waals surface area contributed by atoms with Crippen molar-refractivity contribution in [3.63, 3.8) is 0 Å². The highest BCUT2D eigenvalue weighted by Gasteiger charge is 2.51. The molecule has 0 bridgehead atoms. The zero-order chi connectivity index (χ0) is 16.2. The summed E-state index contributed by atoms with van der Waals surface area (Å²) in [6.07, 6.45) is 6.35. The second-order valence-corrected chi connectivity index (χ2v) is 7.63. The van der Waals surface area contributed by atoms with Crippen molar-refractivity contribution < 1.29 is 9.31 Å². The lowest BCUT2D eigenvalue weighted by atomic mass is 9.78. The zero-order valence-electron chi connectivity index (χ0n) is 14.2. The molecular weight excluding hydrogens is 287 g/mol. The van der Waals surface area contributed by atoms with Crippen LogP contribution in [0.15, 0.2) is 36.7 Å². The molecule has 0 amide bonds. The van der Waals surface area contributed by atoms with Crippen LogP contribution >= 0.6 is 0 Å². The molecule has 23 heavy (non-hydrogen) atoms. The van der Waals surface area contributed by atoms with Gasteiger partial charge < -0.3 is 9.31 Å². The van der Waals surface area contributed by atoms with Crippen LogP contribution in [0.3, 0.4) is 0 Å². The Hall–Kier alpha value is -1.59. The first-order valence-electron chi connectivity index (χ1n) is 8.37. The maximum atomic E-state index is 6.19. The van der Waals surface area contributed by atoms with Gasteiger partial charge in [-0.2, -0.15) is 5.10 Å². The van der Waals surface area contributed by atoms with Gasteiger partial charge in [0.05, 0.1) is 16.9 Å². The molecule has 0 atom stereocenters. The van der Waals surface area contributed by atoms with Crippen LogP contribution in [0.25, 0.3) is 5.69 Å². The van der Waals surface area contributed by atoms with Gasteiger partial charge in [0.15, 0.2) is 0 Å². The standard InChI is InChI=1S/C18H23BN2O2/c1-17(2)18(3,4)23-19(22-17)14-8-9-15(13-6-7-13)16(12-14)21-11-5-10-20-21/h5,8-13H,6-7H2,1-4H3. The average molecular weight is 310 g/mol. The summed E-state index contributed by atoms with van der Waals surface area (Å²) in [6, 6.07) is 8.48. The van der Waals surface area contributed by atoms with Crippen molar-refractivity contribution in [3.05, 3.63) is 42.2 Å². The van der Waals surface area contributed by atoms with Gasteiger partial charge >= 0.3 is 7.12 Å². The molecular formula is C18H23BN2O2. The van der Waals surface area contributed by atoms with E-state index in [1.54, 1.807) is 0 Å². The number of benzene rings is 1. The van der Waals surface area contributed by atoms with E-state index < -0.39 is 0 Å². The first kappa shape index (κ1) is 15.0. The molecule has 0 N–H and O–H groups in total. The van der Waals surface area contributed by atoms with Crippen LogP contribution in [0.2, 0.25) is 0 Å². The molecule has 0 unspecified atom stereocenters. The molecule has 2 fully saturated rings. The zero-order valence-corrected chi connectivity index (χ0v) is 14.2. The van der Waals surface area contributed by atoms with E-state index in [2.05, 4.69) is 51.0 Å². The number of hydrogen-bond donors (Lipinski definition) is 0.